The van der Waals surface area contributed by atoms with E-state index < -0.39 is 10.0 Å². The first kappa shape index (κ1) is 21.9. The van der Waals surface area contributed by atoms with Crippen LogP contribution < -0.4 is 14.8 Å². The molecule has 4 rings (SSSR count). The molecule has 0 spiro atoms. The lowest BCUT2D eigenvalue weighted by molar-refractivity contribution is 0.0939. The van der Waals surface area contributed by atoms with Crippen molar-refractivity contribution in [3.05, 3.63) is 89.0 Å². The summed E-state index contributed by atoms with van der Waals surface area (Å²) in [5, 5.41) is 2.93. The van der Waals surface area contributed by atoms with Crippen LogP contribution in [0.1, 0.15) is 27.0 Å². The number of carbonyl (C=O) groups excluding carboxylic acids is 1. The van der Waals surface area contributed by atoms with Crippen LogP contribution >= 0.6 is 0 Å². The van der Waals surface area contributed by atoms with Gasteiger partial charge in [-0.1, -0.05) is 24.3 Å². The molecule has 1 amide bonds. The average molecular weight is 451 g/mol. The van der Waals surface area contributed by atoms with E-state index in [1.165, 1.54) is 24.3 Å². The van der Waals surface area contributed by atoms with E-state index in [-0.39, 0.29) is 16.7 Å². The van der Waals surface area contributed by atoms with E-state index in [2.05, 4.69) is 10.0 Å². The highest BCUT2D eigenvalue weighted by atomic mass is 32.2. The van der Waals surface area contributed by atoms with Crippen molar-refractivity contribution < 1.29 is 17.9 Å². The van der Waals surface area contributed by atoms with Gasteiger partial charge in [0.1, 0.15) is 5.75 Å². The van der Waals surface area contributed by atoms with Crippen LogP contribution in [0.3, 0.4) is 0 Å². The first-order valence-electron chi connectivity index (χ1n) is 10.5. The molecule has 0 aliphatic carbocycles. The fourth-order valence-corrected chi connectivity index (χ4v) is 4.71. The van der Waals surface area contributed by atoms with Crippen LogP contribution in [0, 0.1) is 19.8 Å². The lowest BCUT2D eigenvalue weighted by Gasteiger charge is -2.25. The van der Waals surface area contributed by atoms with Crippen LogP contribution in [0.15, 0.2) is 71.6 Å². The normalized spacial score (nSPS) is 15.4. The maximum atomic E-state index is 12.7. The second-order valence-corrected chi connectivity index (χ2v) is 9.81. The molecule has 0 saturated heterocycles. The number of rotatable bonds is 6. The number of carbonyl (C=O) groups is 1. The summed E-state index contributed by atoms with van der Waals surface area (Å²) in [7, 11) is -3.74. The molecule has 166 valence electrons. The van der Waals surface area contributed by atoms with Gasteiger partial charge in [-0.25, -0.2) is 8.42 Å². The van der Waals surface area contributed by atoms with Gasteiger partial charge >= 0.3 is 0 Å². The largest absolute Gasteiger partial charge is 0.493 e. The predicted octanol–water partition coefficient (Wildman–Crippen LogP) is 4.09. The number of nitrogens with one attached hydrogen (secondary N) is 2. The number of ether oxygens (including phenoxy) is 1. The van der Waals surface area contributed by atoms with Gasteiger partial charge in [0.25, 0.3) is 15.9 Å². The summed E-state index contributed by atoms with van der Waals surface area (Å²) in [4.78, 5) is 12.6. The maximum absolute atomic E-state index is 12.7. The van der Waals surface area contributed by atoms with Crippen molar-refractivity contribution in [1.29, 1.82) is 0 Å². The molecule has 7 heteroatoms. The number of aryl methyl sites for hydroxylation is 2. The Morgan fingerprint density at radius 2 is 1.75 bits per heavy atom. The van der Waals surface area contributed by atoms with Gasteiger partial charge in [0.15, 0.2) is 0 Å². The number of hydrogen-bond acceptors (Lipinski definition) is 4. The third kappa shape index (κ3) is 4.94. The highest BCUT2D eigenvalue weighted by molar-refractivity contribution is 7.92. The van der Waals surface area contributed by atoms with Crippen molar-refractivity contribution in [3.8, 4) is 5.75 Å². The summed E-state index contributed by atoms with van der Waals surface area (Å²) >= 11 is 0. The third-order valence-electron chi connectivity index (χ3n) is 5.69. The number of benzene rings is 3. The fraction of sp³-hybridized carbons (Fsp3) is 0.240. The fourth-order valence-electron chi connectivity index (χ4n) is 3.67. The monoisotopic (exact) mass is 450 g/mol. The first-order valence-corrected chi connectivity index (χ1v) is 12.0. The van der Waals surface area contributed by atoms with Crippen LogP contribution in [-0.2, 0) is 16.4 Å². The van der Waals surface area contributed by atoms with Crippen molar-refractivity contribution in [3.63, 3.8) is 0 Å². The molecule has 3 aromatic rings. The summed E-state index contributed by atoms with van der Waals surface area (Å²) in [5.41, 5.74) is 4.15. The van der Waals surface area contributed by atoms with E-state index in [1.54, 1.807) is 12.1 Å². The quantitative estimate of drug-likeness (QED) is 0.593. The number of amides is 1. The van der Waals surface area contributed by atoms with Crippen molar-refractivity contribution in [2.24, 2.45) is 5.92 Å². The number of para-hydroxylation sites is 1. The Morgan fingerprint density at radius 3 is 2.50 bits per heavy atom. The van der Waals surface area contributed by atoms with E-state index in [0.29, 0.717) is 24.4 Å². The van der Waals surface area contributed by atoms with Gasteiger partial charge in [0.2, 0.25) is 0 Å². The molecule has 0 radical (unpaired) electrons. The Kier molecular flexibility index (Phi) is 6.19. The Bertz CT molecular complexity index is 1240. The molecule has 1 aliphatic rings. The first-order chi connectivity index (χ1) is 15.3. The number of sulfonamides is 1. The Balaban J connectivity index is 1.36. The molecule has 6 nitrogen and oxygen atoms in total. The van der Waals surface area contributed by atoms with Gasteiger partial charge in [-0.2, -0.15) is 0 Å². The predicted molar refractivity (Wildman–Crippen MR) is 125 cm³/mol. The topological polar surface area (TPSA) is 84.5 Å². The highest BCUT2D eigenvalue weighted by Crippen LogP contribution is 2.26. The number of hydrogen-bond donors (Lipinski definition) is 2. The minimum atomic E-state index is -3.74. The number of anilines is 1. The van der Waals surface area contributed by atoms with Crippen molar-refractivity contribution in [1.82, 2.24) is 5.32 Å². The molecular formula is C25H26N2O4S. The summed E-state index contributed by atoms with van der Waals surface area (Å²) in [5.74, 6) is 0.854. The van der Waals surface area contributed by atoms with Gasteiger partial charge in [0.05, 0.1) is 11.5 Å². The zero-order valence-corrected chi connectivity index (χ0v) is 18.9. The summed E-state index contributed by atoms with van der Waals surface area (Å²) in [6.07, 6.45) is 0.845. The van der Waals surface area contributed by atoms with Crippen LogP contribution in [0.2, 0.25) is 0 Å². The lowest BCUT2D eigenvalue weighted by Crippen LogP contribution is -2.34. The Morgan fingerprint density at radius 1 is 1.00 bits per heavy atom. The standard InChI is InChI=1S/C25H26N2O4S/c1-17-7-10-22(13-18(17)2)27-32(29,30)23-11-8-20(9-12-23)25(28)26-15-19-14-21-5-3-4-6-24(21)31-16-19/h3-13,19,27H,14-16H2,1-2H3,(H,26,28). The minimum absolute atomic E-state index is 0.101. The molecule has 0 aromatic heterocycles. The Hall–Kier alpha value is -3.32. The molecule has 1 heterocycles. The molecule has 1 aliphatic heterocycles. The van der Waals surface area contributed by atoms with Crippen LogP contribution in [0.5, 0.6) is 5.75 Å². The number of fused-ring (bicyclic) bond motifs is 1. The second kappa shape index (κ2) is 9.04. The van der Waals surface area contributed by atoms with Gasteiger partial charge in [-0.3, -0.25) is 9.52 Å². The van der Waals surface area contributed by atoms with Crippen LogP contribution in [0.4, 0.5) is 5.69 Å². The average Bonchev–Trinajstić information content (AvgIpc) is 2.79. The van der Waals surface area contributed by atoms with Gasteiger partial charge < -0.3 is 10.1 Å². The SMILES string of the molecule is Cc1ccc(NS(=O)(=O)c2ccc(C(=O)NCC3COc4ccccc4C3)cc2)cc1C. The van der Waals surface area contributed by atoms with Crippen molar-refractivity contribution >= 4 is 21.6 Å². The van der Waals surface area contributed by atoms with E-state index in [0.717, 1.165) is 28.9 Å². The lowest BCUT2D eigenvalue weighted by atomic mass is 9.96. The zero-order valence-electron chi connectivity index (χ0n) is 18.1. The second-order valence-electron chi connectivity index (χ2n) is 8.13. The summed E-state index contributed by atoms with van der Waals surface area (Å²) in [6, 6.07) is 19.2. The molecule has 2 N–H and O–H groups in total. The Labute approximate surface area is 188 Å². The van der Waals surface area contributed by atoms with E-state index in [9.17, 15) is 13.2 Å². The molecule has 3 aromatic carbocycles. The van der Waals surface area contributed by atoms with E-state index in [1.807, 2.05) is 44.2 Å². The van der Waals surface area contributed by atoms with E-state index in [4.69, 9.17) is 4.74 Å². The van der Waals surface area contributed by atoms with Crippen molar-refractivity contribution in [2.75, 3.05) is 17.9 Å². The molecule has 1 atom stereocenters. The maximum Gasteiger partial charge on any atom is 0.261 e. The molecular weight excluding hydrogens is 424 g/mol. The van der Waals surface area contributed by atoms with Crippen LogP contribution in [-0.4, -0.2) is 27.5 Å². The summed E-state index contributed by atoms with van der Waals surface area (Å²) in [6.45, 7) is 4.94. The van der Waals surface area contributed by atoms with Crippen LogP contribution in [0.25, 0.3) is 0 Å². The molecule has 0 bridgehead atoms. The molecule has 0 fully saturated rings. The van der Waals surface area contributed by atoms with Gasteiger partial charge in [-0.15, -0.1) is 0 Å². The summed E-state index contributed by atoms with van der Waals surface area (Å²) < 4.78 is 33.7. The third-order valence-corrected chi connectivity index (χ3v) is 7.09. The van der Waals surface area contributed by atoms with Gasteiger partial charge in [-0.05, 0) is 79.4 Å². The minimum Gasteiger partial charge on any atom is -0.493 e. The molecule has 32 heavy (non-hydrogen) atoms. The van der Waals surface area contributed by atoms with E-state index >= 15 is 0 Å². The molecule has 0 saturated carbocycles. The highest BCUT2D eigenvalue weighted by Gasteiger charge is 2.21. The van der Waals surface area contributed by atoms with Crippen molar-refractivity contribution in [2.45, 2.75) is 25.2 Å². The van der Waals surface area contributed by atoms with Gasteiger partial charge in [0, 0.05) is 23.7 Å². The smallest absolute Gasteiger partial charge is 0.261 e. The molecule has 1 unspecified atom stereocenters. The zero-order chi connectivity index (χ0) is 22.7.